The summed E-state index contributed by atoms with van der Waals surface area (Å²) in [4.78, 5) is 24.1. The van der Waals surface area contributed by atoms with Gasteiger partial charge in [0.05, 0.1) is 6.33 Å². The number of carbonyl (C=O) groups excluding carboxylic acids is 1. The largest absolute Gasteiger partial charge is 0.387 e. The molecule has 1 aromatic carbocycles. The molecule has 2 aliphatic heterocycles. The number of carbonyl (C=O) groups is 1. The summed E-state index contributed by atoms with van der Waals surface area (Å²) in [5.74, 6) is 0.0116. The number of aromatic nitrogens is 2. The highest BCUT2D eigenvalue weighted by atomic mass is 16.6. The smallest absolute Gasteiger partial charge is 0.271 e. The van der Waals surface area contributed by atoms with E-state index >= 15 is 0 Å². The van der Waals surface area contributed by atoms with Gasteiger partial charge in [0.15, 0.2) is 6.10 Å². The quantitative estimate of drug-likeness (QED) is 0.872. The van der Waals surface area contributed by atoms with E-state index in [2.05, 4.69) is 14.7 Å². The predicted molar refractivity (Wildman–Crippen MR) is 89.4 cm³/mol. The molecule has 1 fully saturated rings. The second-order valence-corrected chi connectivity index (χ2v) is 6.28. The molecule has 0 radical (unpaired) electrons. The molecule has 0 bridgehead atoms. The summed E-state index contributed by atoms with van der Waals surface area (Å²) in [6.45, 7) is 1.49. The van der Waals surface area contributed by atoms with Gasteiger partial charge in [-0.3, -0.25) is 4.79 Å². The topological polar surface area (TPSA) is 59.7 Å². The average Bonchev–Trinajstić information content (AvgIpc) is 3.34. The molecule has 0 spiro atoms. The standard InChI is InChI=1S/C18H20N4O2/c23-18(16-12-17(24-20-16)14-4-2-1-3-5-14)21-9-6-15(7-10-21)22-11-8-19-13-22/h1-5,8,11,13,15,17H,6-7,9-10,12H2. The van der Waals surface area contributed by atoms with Crippen LogP contribution in [0.5, 0.6) is 0 Å². The maximum atomic E-state index is 12.7. The van der Waals surface area contributed by atoms with Gasteiger partial charge >= 0.3 is 0 Å². The van der Waals surface area contributed by atoms with E-state index in [1.165, 1.54) is 0 Å². The number of hydrogen-bond acceptors (Lipinski definition) is 4. The van der Waals surface area contributed by atoms with Gasteiger partial charge in [0.2, 0.25) is 0 Å². The lowest BCUT2D eigenvalue weighted by Gasteiger charge is -2.32. The Labute approximate surface area is 140 Å². The number of nitrogens with zero attached hydrogens (tertiary/aromatic N) is 4. The van der Waals surface area contributed by atoms with Gasteiger partial charge in [0, 0.05) is 37.9 Å². The van der Waals surface area contributed by atoms with Gasteiger partial charge in [-0.25, -0.2) is 4.98 Å². The maximum absolute atomic E-state index is 12.7. The average molecular weight is 324 g/mol. The minimum absolute atomic E-state index is 0.0116. The first kappa shape index (κ1) is 14.9. The van der Waals surface area contributed by atoms with E-state index in [4.69, 9.17) is 4.84 Å². The summed E-state index contributed by atoms with van der Waals surface area (Å²) in [6, 6.07) is 10.3. The van der Waals surface area contributed by atoms with Crippen molar-refractivity contribution in [3.05, 3.63) is 54.6 Å². The number of hydrogen-bond donors (Lipinski definition) is 0. The second kappa shape index (κ2) is 6.47. The Morgan fingerprint density at radius 2 is 1.96 bits per heavy atom. The van der Waals surface area contributed by atoms with Crippen LogP contribution in [0.1, 0.15) is 37.0 Å². The summed E-state index contributed by atoms with van der Waals surface area (Å²) >= 11 is 0. The van der Waals surface area contributed by atoms with Crippen molar-refractivity contribution in [1.29, 1.82) is 0 Å². The molecule has 0 N–H and O–H groups in total. The summed E-state index contributed by atoms with van der Waals surface area (Å²) in [6.07, 6.45) is 7.92. The number of likely N-dealkylation sites (tertiary alicyclic amines) is 1. The Hall–Kier alpha value is -2.63. The summed E-state index contributed by atoms with van der Waals surface area (Å²) < 4.78 is 2.13. The molecule has 1 aromatic heterocycles. The van der Waals surface area contributed by atoms with Crippen LogP contribution in [0.15, 0.2) is 54.2 Å². The zero-order valence-electron chi connectivity index (χ0n) is 13.4. The number of benzene rings is 1. The molecule has 0 saturated carbocycles. The van der Waals surface area contributed by atoms with Crippen LogP contribution in [0.3, 0.4) is 0 Å². The van der Waals surface area contributed by atoms with Crippen LogP contribution in [-0.2, 0) is 9.63 Å². The minimum Gasteiger partial charge on any atom is -0.387 e. The Morgan fingerprint density at radius 3 is 2.67 bits per heavy atom. The van der Waals surface area contributed by atoms with Crippen molar-refractivity contribution in [3.63, 3.8) is 0 Å². The number of rotatable bonds is 3. The van der Waals surface area contributed by atoms with Crippen LogP contribution >= 0.6 is 0 Å². The molecule has 0 aliphatic carbocycles. The summed E-state index contributed by atoms with van der Waals surface area (Å²) in [7, 11) is 0. The molecule has 3 heterocycles. The molecule has 1 atom stereocenters. The van der Waals surface area contributed by atoms with Gasteiger partial charge < -0.3 is 14.3 Å². The molecule has 1 amide bonds. The number of oxime groups is 1. The number of imidazole rings is 1. The van der Waals surface area contributed by atoms with Crippen LogP contribution in [-0.4, -0.2) is 39.2 Å². The third-order valence-corrected chi connectivity index (χ3v) is 4.79. The zero-order valence-corrected chi connectivity index (χ0v) is 13.4. The molecular formula is C18H20N4O2. The van der Waals surface area contributed by atoms with Gasteiger partial charge in [-0.1, -0.05) is 35.5 Å². The molecule has 6 heteroatoms. The van der Waals surface area contributed by atoms with Crippen molar-refractivity contribution in [1.82, 2.24) is 14.5 Å². The zero-order chi connectivity index (χ0) is 16.4. The highest BCUT2D eigenvalue weighted by Crippen LogP contribution is 2.29. The molecule has 24 heavy (non-hydrogen) atoms. The molecular weight excluding hydrogens is 304 g/mol. The predicted octanol–water partition coefficient (Wildman–Crippen LogP) is 2.56. The van der Waals surface area contributed by atoms with Gasteiger partial charge in [0.25, 0.3) is 5.91 Å². The van der Waals surface area contributed by atoms with Crippen molar-refractivity contribution in [2.24, 2.45) is 5.16 Å². The molecule has 2 aliphatic rings. The van der Waals surface area contributed by atoms with Crippen molar-refractivity contribution in [3.8, 4) is 0 Å². The van der Waals surface area contributed by atoms with E-state index < -0.39 is 0 Å². The van der Waals surface area contributed by atoms with Crippen LogP contribution < -0.4 is 0 Å². The lowest BCUT2D eigenvalue weighted by Crippen LogP contribution is -2.42. The molecule has 6 nitrogen and oxygen atoms in total. The fourth-order valence-electron chi connectivity index (χ4n) is 3.39. The van der Waals surface area contributed by atoms with E-state index in [1.54, 1.807) is 6.20 Å². The SMILES string of the molecule is O=C(C1=NOC(c2ccccc2)C1)N1CCC(n2ccnc2)CC1. The van der Waals surface area contributed by atoms with E-state index in [0.29, 0.717) is 18.2 Å². The Kier molecular flexibility index (Phi) is 4.02. The third-order valence-electron chi connectivity index (χ3n) is 4.79. The highest BCUT2D eigenvalue weighted by Gasteiger charge is 2.32. The van der Waals surface area contributed by atoms with Gasteiger partial charge in [0.1, 0.15) is 5.71 Å². The highest BCUT2D eigenvalue weighted by molar-refractivity contribution is 6.39. The number of piperidine rings is 1. The first-order valence-corrected chi connectivity index (χ1v) is 8.35. The van der Waals surface area contributed by atoms with Crippen LogP contribution in [0, 0.1) is 0 Å². The molecule has 124 valence electrons. The summed E-state index contributed by atoms with van der Waals surface area (Å²) in [5, 5.41) is 4.05. The molecule has 1 unspecified atom stereocenters. The molecule has 1 saturated heterocycles. The Balaban J connectivity index is 1.34. The fraction of sp³-hybridized carbons (Fsp3) is 0.389. The normalized spacial score (nSPS) is 21.4. The lowest BCUT2D eigenvalue weighted by atomic mass is 10.0. The first-order chi connectivity index (χ1) is 11.8. The van der Waals surface area contributed by atoms with Crippen LogP contribution in [0.2, 0.25) is 0 Å². The second-order valence-electron chi connectivity index (χ2n) is 6.28. The van der Waals surface area contributed by atoms with Crippen molar-refractivity contribution in [2.45, 2.75) is 31.4 Å². The van der Waals surface area contributed by atoms with Gasteiger partial charge in [-0.2, -0.15) is 0 Å². The van der Waals surface area contributed by atoms with E-state index in [0.717, 1.165) is 31.5 Å². The Bertz CT molecular complexity index is 719. The van der Waals surface area contributed by atoms with Gasteiger partial charge in [-0.05, 0) is 18.4 Å². The molecule has 4 rings (SSSR count). The number of amides is 1. The van der Waals surface area contributed by atoms with Crippen LogP contribution in [0.25, 0.3) is 0 Å². The van der Waals surface area contributed by atoms with E-state index in [9.17, 15) is 4.79 Å². The fourth-order valence-corrected chi connectivity index (χ4v) is 3.39. The van der Waals surface area contributed by atoms with Crippen molar-refractivity contribution in [2.75, 3.05) is 13.1 Å². The minimum atomic E-state index is -0.145. The summed E-state index contributed by atoms with van der Waals surface area (Å²) in [5.41, 5.74) is 1.59. The van der Waals surface area contributed by atoms with Crippen molar-refractivity contribution >= 4 is 11.6 Å². The van der Waals surface area contributed by atoms with Crippen LogP contribution in [0.4, 0.5) is 0 Å². The van der Waals surface area contributed by atoms with Gasteiger partial charge in [-0.15, -0.1) is 0 Å². The third kappa shape index (κ3) is 2.91. The van der Waals surface area contributed by atoms with E-state index in [-0.39, 0.29) is 12.0 Å². The molecule has 2 aromatic rings. The van der Waals surface area contributed by atoms with E-state index in [1.807, 2.05) is 47.8 Å². The maximum Gasteiger partial charge on any atom is 0.271 e. The lowest BCUT2D eigenvalue weighted by molar-refractivity contribution is -0.125. The van der Waals surface area contributed by atoms with Crippen molar-refractivity contribution < 1.29 is 9.63 Å². The monoisotopic (exact) mass is 324 g/mol. The first-order valence-electron chi connectivity index (χ1n) is 8.35. The Morgan fingerprint density at radius 1 is 1.17 bits per heavy atom.